The van der Waals surface area contributed by atoms with E-state index in [1.54, 1.807) is 10.8 Å². The molecule has 1 saturated heterocycles. The van der Waals surface area contributed by atoms with Crippen molar-refractivity contribution in [3.8, 4) is 6.07 Å². The first-order valence-corrected chi connectivity index (χ1v) is 8.45. The molecule has 0 saturated carbocycles. The van der Waals surface area contributed by atoms with Gasteiger partial charge in [-0.05, 0) is 0 Å². The second-order valence-corrected chi connectivity index (χ2v) is 7.22. The number of aromatic amines is 1. The normalized spacial score (nSPS) is 15.2. The predicted octanol–water partition coefficient (Wildman–Crippen LogP) is 1.47. The SMILES string of the molecule is N#Cc1c(N2CCCC2)[se]c2c1ncn1[nH]c(=S)nc21. The number of hydrogen-bond acceptors (Lipinski definition) is 5. The zero-order valence-electron chi connectivity index (χ0n) is 10.5. The van der Waals surface area contributed by atoms with Crippen LogP contribution in [0, 0.1) is 16.1 Å². The molecule has 0 aromatic carbocycles. The summed E-state index contributed by atoms with van der Waals surface area (Å²) >= 11 is 5.15. The van der Waals surface area contributed by atoms with Crippen LogP contribution in [0.4, 0.5) is 4.56 Å². The quantitative estimate of drug-likeness (QED) is 0.532. The maximum absolute atomic E-state index is 9.50. The van der Waals surface area contributed by atoms with Gasteiger partial charge in [-0.2, -0.15) is 0 Å². The van der Waals surface area contributed by atoms with Gasteiger partial charge >= 0.3 is 125 Å². The topological polar surface area (TPSA) is 73.0 Å². The Morgan fingerprint density at radius 2 is 2.20 bits per heavy atom. The molecular formula is C12H10N6SSe. The number of hydrogen-bond donors (Lipinski definition) is 1. The van der Waals surface area contributed by atoms with Crippen LogP contribution in [0.1, 0.15) is 18.4 Å². The Bertz CT molecular complexity index is 908. The Morgan fingerprint density at radius 1 is 1.40 bits per heavy atom. The first-order chi connectivity index (χ1) is 9.78. The van der Waals surface area contributed by atoms with Gasteiger partial charge in [0.2, 0.25) is 0 Å². The van der Waals surface area contributed by atoms with E-state index in [9.17, 15) is 5.26 Å². The van der Waals surface area contributed by atoms with Gasteiger partial charge < -0.3 is 0 Å². The average Bonchev–Trinajstić information content (AvgIpc) is 3.13. The van der Waals surface area contributed by atoms with Crippen LogP contribution in [-0.4, -0.2) is 47.2 Å². The fourth-order valence-electron chi connectivity index (χ4n) is 2.62. The Morgan fingerprint density at radius 3 is 2.95 bits per heavy atom. The van der Waals surface area contributed by atoms with E-state index in [2.05, 4.69) is 26.0 Å². The zero-order chi connectivity index (χ0) is 13.7. The zero-order valence-corrected chi connectivity index (χ0v) is 13.0. The van der Waals surface area contributed by atoms with Gasteiger partial charge in [-0.3, -0.25) is 0 Å². The molecule has 0 radical (unpaired) electrons. The Balaban J connectivity index is 2.07. The molecule has 20 heavy (non-hydrogen) atoms. The number of H-pyrrole nitrogens is 1. The number of aromatic nitrogens is 4. The summed E-state index contributed by atoms with van der Waals surface area (Å²) < 4.78 is 4.40. The van der Waals surface area contributed by atoms with E-state index in [1.807, 2.05) is 0 Å². The molecule has 1 fully saturated rings. The molecule has 0 atom stereocenters. The first-order valence-electron chi connectivity index (χ1n) is 6.33. The monoisotopic (exact) mass is 350 g/mol. The number of nitriles is 1. The molecule has 0 aliphatic carbocycles. The fourth-order valence-corrected chi connectivity index (χ4v) is 5.40. The maximum atomic E-state index is 9.50. The van der Waals surface area contributed by atoms with Crippen LogP contribution < -0.4 is 4.90 Å². The van der Waals surface area contributed by atoms with Crippen molar-refractivity contribution in [3.63, 3.8) is 0 Å². The molecule has 3 aromatic heterocycles. The van der Waals surface area contributed by atoms with Gasteiger partial charge in [0, 0.05) is 0 Å². The number of nitrogens with one attached hydrogen (secondary N) is 1. The van der Waals surface area contributed by atoms with Crippen molar-refractivity contribution >= 4 is 46.7 Å². The van der Waals surface area contributed by atoms with E-state index in [0.717, 1.165) is 38.6 Å². The Kier molecular flexibility index (Phi) is 2.67. The summed E-state index contributed by atoms with van der Waals surface area (Å²) in [6.07, 6.45) is 4.05. The predicted molar refractivity (Wildman–Crippen MR) is 78.8 cm³/mol. The van der Waals surface area contributed by atoms with E-state index < -0.39 is 0 Å². The summed E-state index contributed by atoms with van der Waals surface area (Å²) in [5, 5.41) is 12.5. The van der Waals surface area contributed by atoms with Crippen molar-refractivity contribution in [3.05, 3.63) is 16.7 Å². The van der Waals surface area contributed by atoms with Crippen molar-refractivity contribution in [2.24, 2.45) is 0 Å². The van der Waals surface area contributed by atoms with Crippen LogP contribution in [0.15, 0.2) is 6.33 Å². The molecule has 8 heteroatoms. The van der Waals surface area contributed by atoms with Gasteiger partial charge in [-0.25, -0.2) is 0 Å². The second-order valence-electron chi connectivity index (χ2n) is 4.73. The van der Waals surface area contributed by atoms with Crippen LogP contribution in [-0.2, 0) is 0 Å². The number of nitrogens with zero attached hydrogens (tertiary/aromatic N) is 5. The van der Waals surface area contributed by atoms with E-state index in [0.29, 0.717) is 4.77 Å². The van der Waals surface area contributed by atoms with Crippen molar-refractivity contribution < 1.29 is 0 Å². The molecule has 4 rings (SSSR count). The summed E-state index contributed by atoms with van der Waals surface area (Å²) in [5.74, 6) is 0. The van der Waals surface area contributed by atoms with Gasteiger partial charge in [0.05, 0.1) is 0 Å². The summed E-state index contributed by atoms with van der Waals surface area (Å²) in [5.41, 5.74) is 2.32. The van der Waals surface area contributed by atoms with Gasteiger partial charge in [0.25, 0.3) is 0 Å². The minimum atomic E-state index is 0.0706. The number of anilines is 1. The van der Waals surface area contributed by atoms with E-state index in [1.165, 1.54) is 12.8 Å². The molecule has 100 valence electrons. The molecule has 1 aliphatic heterocycles. The van der Waals surface area contributed by atoms with E-state index in [-0.39, 0.29) is 14.5 Å². The van der Waals surface area contributed by atoms with Gasteiger partial charge in [0.15, 0.2) is 0 Å². The molecule has 4 heterocycles. The molecule has 6 nitrogen and oxygen atoms in total. The molecule has 0 unspecified atom stereocenters. The summed E-state index contributed by atoms with van der Waals surface area (Å²) in [4.78, 5) is 11.1. The molecular weight excluding hydrogens is 339 g/mol. The molecule has 0 amide bonds. The van der Waals surface area contributed by atoms with Crippen molar-refractivity contribution in [1.82, 2.24) is 19.6 Å². The Hall–Kier alpha value is -1.68. The van der Waals surface area contributed by atoms with Gasteiger partial charge in [-0.15, -0.1) is 0 Å². The Labute approximate surface area is 125 Å². The third kappa shape index (κ3) is 1.64. The van der Waals surface area contributed by atoms with Gasteiger partial charge in [-0.1, -0.05) is 0 Å². The fraction of sp³-hybridized carbons (Fsp3) is 0.333. The molecule has 3 aromatic rings. The van der Waals surface area contributed by atoms with Crippen LogP contribution in [0.5, 0.6) is 0 Å². The van der Waals surface area contributed by atoms with Crippen LogP contribution in [0.2, 0.25) is 0 Å². The summed E-state index contributed by atoms with van der Waals surface area (Å²) in [6.45, 7) is 2.08. The molecule has 1 aliphatic rings. The summed E-state index contributed by atoms with van der Waals surface area (Å²) in [7, 11) is 0. The summed E-state index contributed by atoms with van der Waals surface area (Å²) in [6, 6.07) is 2.34. The third-order valence-corrected chi connectivity index (χ3v) is 6.30. The standard InChI is InChI=1S/C12H10N6SSe/c13-5-7-8-9(20-11(7)17-3-1-2-4-17)10-15-12(19)16-18(10)6-14-8/h6H,1-4H2,(H,16,19). The van der Waals surface area contributed by atoms with Crippen molar-refractivity contribution in [2.45, 2.75) is 12.8 Å². The molecule has 0 bridgehead atoms. The van der Waals surface area contributed by atoms with Gasteiger partial charge in [0.1, 0.15) is 0 Å². The first kappa shape index (κ1) is 12.1. The number of rotatable bonds is 1. The van der Waals surface area contributed by atoms with Crippen LogP contribution in [0.3, 0.4) is 0 Å². The van der Waals surface area contributed by atoms with Crippen molar-refractivity contribution in [2.75, 3.05) is 18.0 Å². The van der Waals surface area contributed by atoms with E-state index >= 15 is 0 Å². The third-order valence-electron chi connectivity index (χ3n) is 3.53. The van der Waals surface area contributed by atoms with Crippen LogP contribution >= 0.6 is 12.2 Å². The number of fused-ring (bicyclic) bond motifs is 3. The minimum absolute atomic E-state index is 0.0706. The van der Waals surface area contributed by atoms with Crippen molar-refractivity contribution in [1.29, 1.82) is 5.26 Å². The van der Waals surface area contributed by atoms with Crippen LogP contribution in [0.25, 0.3) is 15.4 Å². The second kappa shape index (κ2) is 4.42. The molecule has 0 spiro atoms. The van der Waals surface area contributed by atoms with E-state index in [4.69, 9.17) is 12.2 Å². The molecule has 1 N–H and O–H groups in total. The average molecular weight is 349 g/mol.